The van der Waals surface area contributed by atoms with E-state index in [1.54, 1.807) is 0 Å². The minimum atomic E-state index is -0.432. The highest BCUT2D eigenvalue weighted by Crippen LogP contribution is 2.70. The lowest BCUT2D eigenvalue weighted by Gasteiger charge is -2.42. The zero-order valence-corrected chi connectivity index (χ0v) is 11.8. The van der Waals surface area contributed by atoms with Crippen LogP contribution >= 0.6 is 0 Å². The first kappa shape index (κ1) is 12.2. The Balaban J connectivity index is 1.83. The molecule has 19 heavy (non-hydrogen) atoms. The van der Waals surface area contributed by atoms with Crippen LogP contribution in [0.1, 0.15) is 40.0 Å². The van der Waals surface area contributed by atoms with Crippen LogP contribution in [0.25, 0.3) is 0 Å². The Bertz CT molecular complexity index is 449. The van der Waals surface area contributed by atoms with Gasteiger partial charge in [0.1, 0.15) is 11.7 Å². The molecule has 8 atom stereocenters. The molecule has 1 spiro atoms. The van der Waals surface area contributed by atoms with E-state index in [4.69, 9.17) is 9.47 Å². The van der Waals surface area contributed by atoms with Crippen molar-refractivity contribution in [3.05, 3.63) is 0 Å². The van der Waals surface area contributed by atoms with Gasteiger partial charge in [0, 0.05) is 12.3 Å². The fraction of sp³-hybridized carbons (Fsp3) is 0.933. The third kappa shape index (κ3) is 1.13. The van der Waals surface area contributed by atoms with E-state index in [0.717, 1.165) is 12.8 Å². The number of epoxide rings is 1. The first-order valence-electron chi connectivity index (χ1n) is 7.49. The average Bonchev–Trinajstić information content (AvgIpc) is 2.98. The quantitative estimate of drug-likeness (QED) is 0.533. The molecule has 0 aromatic rings. The molecule has 8 unspecified atom stereocenters. The fourth-order valence-electron chi connectivity index (χ4n) is 5.36. The van der Waals surface area contributed by atoms with Crippen LogP contribution in [0.5, 0.6) is 0 Å². The summed E-state index contributed by atoms with van der Waals surface area (Å²) in [5, 5.41) is 10.6. The Morgan fingerprint density at radius 1 is 1.32 bits per heavy atom. The molecule has 4 heteroatoms. The Kier molecular flexibility index (Phi) is 2.14. The molecule has 2 heterocycles. The van der Waals surface area contributed by atoms with Crippen LogP contribution in [0.2, 0.25) is 0 Å². The predicted molar refractivity (Wildman–Crippen MR) is 67.3 cm³/mol. The monoisotopic (exact) mass is 266 g/mol. The molecule has 1 N–H and O–H groups in total. The number of ether oxygens (including phenoxy) is 2. The van der Waals surface area contributed by atoms with Gasteiger partial charge in [-0.3, -0.25) is 4.79 Å². The summed E-state index contributed by atoms with van der Waals surface area (Å²) in [6, 6.07) is 0. The summed E-state index contributed by atoms with van der Waals surface area (Å²) in [4.78, 5) is 11.9. The molecule has 2 aliphatic carbocycles. The van der Waals surface area contributed by atoms with E-state index in [1.807, 2.05) is 6.92 Å². The van der Waals surface area contributed by atoms with Gasteiger partial charge in [-0.15, -0.1) is 0 Å². The number of hydrogen-bond acceptors (Lipinski definition) is 4. The van der Waals surface area contributed by atoms with Gasteiger partial charge in [0.05, 0.1) is 23.5 Å². The molecule has 4 aliphatic rings. The van der Waals surface area contributed by atoms with Crippen molar-refractivity contribution in [1.29, 1.82) is 0 Å². The third-order valence-corrected chi connectivity index (χ3v) is 6.63. The van der Waals surface area contributed by atoms with Crippen LogP contribution < -0.4 is 0 Å². The normalized spacial score (nSPS) is 62.8. The maximum Gasteiger partial charge on any atom is 0.309 e. The molecule has 0 radical (unpaired) electrons. The van der Waals surface area contributed by atoms with E-state index in [9.17, 15) is 9.90 Å². The Morgan fingerprint density at radius 2 is 2.05 bits per heavy atom. The lowest BCUT2D eigenvalue weighted by Crippen LogP contribution is -2.53. The van der Waals surface area contributed by atoms with Crippen molar-refractivity contribution in [3.8, 4) is 0 Å². The number of esters is 1. The SMILES string of the molecule is CC1C(=O)OC2C1CCC(C)C13OC1CC(O)C23C. The molecular weight excluding hydrogens is 244 g/mol. The highest BCUT2D eigenvalue weighted by atomic mass is 16.6. The molecule has 2 saturated carbocycles. The van der Waals surface area contributed by atoms with Crippen LogP contribution in [-0.2, 0) is 14.3 Å². The highest BCUT2D eigenvalue weighted by Gasteiger charge is 2.81. The smallest absolute Gasteiger partial charge is 0.309 e. The van der Waals surface area contributed by atoms with Gasteiger partial charge in [-0.25, -0.2) is 0 Å². The van der Waals surface area contributed by atoms with Gasteiger partial charge in [-0.05, 0) is 18.8 Å². The summed E-state index contributed by atoms with van der Waals surface area (Å²) >= 11 is 0. The molecule has 0 aromatic heterocycles. The summed E-state index contributed by atoms with van der Waals surface area (Å²) in [6.07, 6.45) is 2.31. The first-order chi connectivity index (χ1) is 8.93. The number of carbonyl (C=O) groups is 1. The number of rotatable bonds is 0. The Hall–Kier alpha value is -0.610. The second-order valence-corrected chi connectivity index (χ2v) is 7.22. The lowest BCUT2D eigenvalue weighted by atomic mass is 9.66. The van der Waals surface area contributed by atoms with E-state index in [1.165, 1.54) is 0 Å². The van der Waals surface area contributed by atoms with Crippen LogP contribution in [0.3, 0.4) is 0 Å². The molecule has 0 aromatic carbocycles. The van der Waals surface area contributed by atoms with Crippen molar-refractivity contribution in [1.82, 2.24) is 0 Å². The molecule has 2 saturated heterocycles. The lowest BCUT2D eigenvalue weighted by molar-refractivity contribution is -0.160. The maximum absolute atomic E-state index is 11.9. The van der Waals surface area contributed by atoms with Crippen molar-refractivity contribution in [2.24, 2.45) is 23.2 Å². The van der Waals surface area contributed by atoms with Crippen molar-refractivity contribution in [2.45, 2.75) is 63.9 Å². The highest BCUT2D eigenvalue weighted by molar-refractivity contribution is 5.75. The van der Waals surface area contributed by atoms with Crippen molar-refractivity contribution in [2.75, 3.05) is 0 Å². The van der Waals surface area contributed by atoms with Gasteiger partial charge in [-0.2, -0.15) is 0 Å². The summed E-state index contributed by atoms with van der Waals surface area (Å²) in [5.74, 6) is 0.513. The van der Waals surface area contributed by atoms with Crippen molar-refractivity contribution >= 4 is 5.97 Å². The van der Waals surface area contributed by atoms with E-state index >= 15 is 0 Å². The second-order valence-electron chi connectivity index (χ2n) is 7.22. The molecule has 0 amide bonds. The number of aliphatic hydroxyl groups is 1. The molecular formula is C15H22O4. The molecule has 4 rings (SSSR count). The molecule has 4 fully saturated rings. The van der Waals surface area contributed by atoms with E-state index < -0.39 is 11.5 Å². The summed E-state index contributed by atoms with van der Waals surface area (Å²) in [7, 11) is 0. The Labute approximate surface area is 113 Å². The van der Waals surface area contributed by atoms with Gasteiger partial charge in [-0.1, -0.05) is 20.8 Å². The van der Waals surface area contributed by atoms with E-state index in [-0.39, 0.29) is 35.6 Å². The van der Waals surface area contributed by atoms with Crippen molar-refractivity contribution < 1.29 is 19.4 Å². The molecule has 106 valence electrons. The largest absolute Gasteiger partial charge is 0.461 e. The Morgan fingerprint density at radius 3 is 2.79 bits per heavy atom. The molecule has 0 bridgehead atoms. The zero-order valence-electron chi connectivity index (χ0n) is 11.8. The molecule has 2 aliphatic heterocycles. The number of hydrogen-bond donors (Lipinski definition) is 1. The van der Waals surface area contributed by atoms with Gasteiger partial charge in [0.25, 0.3) is 0 Å². The van der Waals surface area contributed by atoms with Crippen LogP contribution in [0, 0.1) is 23.2 Å². The van der Waals surface area contributed by atoms with Gasteiger partial charge >= 0.3 is 5.97 Å². The van der Waals surface area contributed by atoms with Gasteiger partial charge < -0.3 is 14.6 Å². The van der Waals surface area contributed by atoms with E-state index in [0.29, 0.717) is 12.3 Å². The zero-order chi connectivity index (χ0) is 13.6. The third-order valence-electron chi connectivity index (χ3n) is 6.63. The predicted octanol–water partition coefficient (Wildman–Crippen LogP) is 1.50. The number of aliphatic hydroxyl groups excluding tert-OH is 1. The van der Waals surface area contributed by atoms with Gasteiger partial charge in [0.2, 0.25) is 0 Å². The maximum atomic E-state index is 11.9. The molecule has 4 nitrogen and oxygen atoms in total. The number of carbonyl (C=O) groups excluding carboxylic acids is 1. The second kappa shape index (κ2) is 3.34. The number of fused-ring (bicyclic) bond motifs is 2. The minimum absolute atomic E-state index is 0.0471. The topological polar surface area (TPSA) is 59.1 Å². The fourth-order valence-corrected chi connectivity index (χ4v) is 5.36. The van der Waals surface area contributed by atoms with Crippen LogP contribution in [0.15, 0.2) is 0 Å². The summed E-state index contributed by atoms with van der Waals surface area (Å²) < 4.78 is 11.7. The summed E-state index contributed by atoms with van der Waals surface area (Å²) in [6.45, 7) is 6.27. The standard InChI is InChI=1S/C15H22O4/c1-7-4-5-9-8(2)13(17)18-12(9)14(3)10(16)6-11-15(7,14)19-11/h7-12,16H,4-6H2,1-3H3. The minimum Gasteiger partial charge on any atom is -0.461 e. The van der Waals surface area contributed by atoms with Crippen LogP contribution in [0.4, 0.5) is 0 Å². The first-order valence-corrected chi connectivity index (χ1v) is 7.49. The van der Waals surface area contributed by atoms with Crippen LogP contribution in [-0.4, -0.2) is 35.0 Å². The van der Waals surface area contributed by atoms with E-state index in [2.05, 4.69) is 13.8 Å². The van der Waals surface area contributed by atoms with Crippen molar-refractivity contribution in [3.63, 3.8) is 0 Å². The van der Waals surface area contributed by atoms with Gasteiger partial charge in [0.15, 0.2) is 0 Å². The summed E-state index contributed by atoms with van der Waals surface area (Å²) in [5.41, 5.74) is -0.686. The average molecular weight is 266 g/mol.